The van der Waals surface area contributed by atoms with Gasteiger partial charge in [0.25, 0.3) is 5.91 Å². The van der Waals surface area contributed by atoms with E-state index in [4.69, 9.17) is 9.47 Å². The van der Waals surface area contributed by atoms with Gasteiger partial charge in [0.05, 0.1) is 12.8 Å². The van der Waals surface area contributed by atoms with Crippen molar-refractivity contribution in [2.24, 2.45) is 7.05 Å². The molecule has 1 aromatic heterocycles. The molecule has 134 valence electrons. The SMILES string of the molecule is CCOc1cc2c(cc1CNC(=O)[C@@H](O)c1cnn(C)c1)O[C@H](C)C2. The Kier molecular flexibility index (Phi) is 4.94. The Labute approximate surface area is 146 Å². The summed E-state index contributed by atoms with van der Waals surface area (Å²) in [5, 5.41) is 16.8. The number of ether oxygens (including phenoxy) is 2. The number of aliphatic hydroxyl groups is 1. The summed E-state index contributed by atoms with van der Waals surface area (Å²) in [5.74, 6) is 1.08. The minimum atomic E-state index is -1.25. The van der Waals surface area contributed by atoms with Crippen molar-refractivity contribution in [1.29, 1.82) is 0 Å². The van der Waals surface area contributed by atoms with Gasteiger partial charge < -0.3 is 19.9 Å². The molecule has 2 heterocycles. The number of amides is 1. The number of nitrogens with zero attached hydrogens (tertiary/aromatic N) is 2. The smallest absolute Gasteiger partial charge is 0.253 e. The Morgan fingerprint density at radius 3 is 3.04 bits per heavy atom. The highest BCUT2D eigenvalue weighted by molar-refractivity contribution is 5.81. The molecule has 2 atom stereocenters. The van der Waals surface area contributed by atoms with E-state index < -0.39 is 12.0 Å². The number of rotatable bonds is 6. The van der Waals surface area contributed by atoms with Crippen molar-refractivity contribution < 1.29 is 19.4 Å². The number of benzene rings is 1. The Bertz CT molecular complexity index is 772. The molecule has 1 aromatic carbocycles. The topological polar surface area (TPSA) is 85.6 Å². The first-order chi connectivity index (χ1) is 12.0. The maximum atomic E-state index is 12.2. The van der Waals surface area contributed by atoms with Gasteiger partial charge in [0.15, 0.2) is 6.10 Å². The highest BCUT2D eigenvalue weighted by Crippen LogP contribution is 2.35. The highest BCUT2D eigenvalue weighted by atomic mass is 16.5. The minimum absolute atomic E-state index is 0.140. The van der Waals surface area contributed by atoms with Gasteiger partial charge >= 0.3 is 0 Å². The molecule has 3 rings (SSSR count). The highest BCUT2D eigenvalue weighted by Gasteiger charge is 2.23. The van der Waals surface area contributed by atoms with Gasteiger partial charge in [-0.05, 0) is 26.0 Å². The van der Waals surface area contributed by atoms with Gasteiger partial charge in [-0.15, -0.1) is 0 Å². The summed E-state index contributed by atoms with van der Waals surface area (Å²) in [4.78, 5) is 12.2. The van der Waals surface area contributed by atoms with Crippen molar-refractivity contribution in [2.45, 2.75) is 39.0 Å². The van der Waals surface area contributed by atoms with E-state index in [-0.39, 0.29) is 12.6 Å². The molecule has 0 fully saturated rings. The second-order valence-corrected chi connectivity index (χ2v) is 6.20. The summed E-state index contributed by atoms with van der Waals surface area (Å²) in [7, 11) is 1.73. The standard InChI is InChI=1S/C18H23N3O4/c1-4-24-15-6-12-5-11(2)25-16(12)7-13(15)8-19-18(23)17(22)14-9-20-21(3)10-14/h6-7,9-11,17,22H,4-5,8H2,1-3H3,(H,19,23)/t11-,17+/m1/s1. The van der Waals surface area contributed by atoms with Crippen LogP contribution < -0.4 is 14.8 Å². The van der Waals surface area contributed by atoms with Crippen molar-refractivity contribution in [1.82, 2.24) is 15.1 Å². The molecule has 0 radical (unpaired) electrons. The Morgan fingerprint density at radius 1 is 1.56 bits per heavy atom. The van der Waals surface area contributed by atoms with Gasteiger partial charge in [-0.1, -0.05) is 0 Å². The van der Waals surface area contributed by atoms with Crippen LogP contribution in [0.5, 0.6) is 11.5 Å². The summed E-state index contributed by atoms with van der Waals surface area (Å²) in [6.45, 7) is 4.72. The molecule has 25 heavy (non-hydrogen) atoms. The molecular weight excluding hydrogens is 322 g/mol. The van der Waals surface area contributed by atoms with Crippen LogP contribution in [0.2, 0.25) is 0 Å². The van der Waals surface area contributed by atoms with Gasteiger partial charge in [0, 0.05) is 42.9 Å². The Hall–Kier alpha value is -2.54. The number of hydrogen-bond acceptors (Lipinski definition) is 5. The monoisotopic (exact) mass is 345 g/mol. The first-order valence-electron chi connectivity index (χ1n) is 8.37. The summed E-state index contributed by atoms with van der Waals surface area (Å²) in [6.07, 6.45) is 2.82. The molecule has 0 saturated carbocycles. The fraction of sp³-hybridized carbons (Fsp3) is 0.444. The van der Waals surface area contributed by atoms with Gasteiger partial charge in [0.1, 0.15) is 17.6 Å². The maximum Gasteiger partial charge on any atom is 0.253 e. The van der Waals surface area contributed by atoms with Crippen LogP contribution in [0.3, 0.4) is 0 Å². The van der Waals surface area contributed by atoms with Crippen LogP contribution in [0.25, 0.3) is 0 Å². The molecule has 2 aromatic rings. The number of carbonyl (C=O) groups excluding carboxylic acids is 1. The number of fused-ring (bicyclic) bond motifs is 1. The number of aliphatic hydroxyl groups excluding tert-OH is 1. The lowest BCUT2D eigenvalue weighted by molar-refractivity contribution is -0.129. The lowest BCUT2D eigenvalue weighted by Crippen LogP contribution is -2.28. The summed E-state index contributed by atoms with van der Waals surface area (Å²) in [5.41, 5.74) is 2.39. The lowest BCUT2D eigenvalue weighted by atomic mass is 10.1. The normalized spacial score (nSPS) is 16.9. The van der Waals surface area contributed by atoms with Gasteiger partial charge in [-0.25, -0.2) is 0 Å². The van der Waals surface area contributed by atoms with E-state index in [1.165, 1.54) is 10.9 Å². The van der Waals surface area contributed by atoms with E-state index in [1.54, 1.807) is 13.2 Å². The third kappa shape index (κ3) is 3.76. The van der Waals surface area contributed by atoms with E-state index >= 15 is 0 Å². The molecule has 1 aliphatic heterocycles. The largest absolute Gasteiger partial charge is 0.494 e. The summed E-state index contributed by atoms with van der Waals surface area (Å²) < 4.78 is 13.0. The molecule has 1 amide bonds. The van der Waals surface area contributed by atoms with Crippen molar-refractivity contribution in [3.63, 3.8) is 0 Å². The molecule has 1 aliphatic rings. The van der Waals surface area contributed by atoms with Crippen LogP contribution in [0.1, 0.15) is 36.6 Å². The average Bonchev–Trinajstić information content (AvgIpc) is 3.16. The first-order valence-corrected chi connectivity index (χ1v) is 8.37. The second-order valence-electron chi connectivity index (χ2n) is 6.20. The van der Waals surface area contributed by atoms with Crippen LogP contribution in [0.4, 0.5) is 0 Å². The van der Waals surface area contributed by atoms with E-state index in [0.717, 1.165) is 29.0 Å². The van der Waals surface area contributed by atoms with Crippen molar-refractivity contribution in [3.8, 4) is 11.5 Å². The molecule has 7 nitrogen and oxygen atoms in total. The predicted molar refractivity (Wildman–Crippen MR) is 91.4 cm³/mol. The Morgan fingerprint density at radius 2 is 2.36 bits per heavy atom. The molecule has 7 heteroatoms. The van der Waals surface area contributed by atoms with Crippen molar-refractivity contribution >= 4 is 5.91 Å². The van der Waals surface area contributed by atoms with E-state index in [1.807, 2.05) is 26.0 Å². The summed E-state index contributed by atoms with van der Waals surface area (Å²) in [6, 6.07) is 3.88. The molecule has 0 aliphatic carbocycles. The summed E-state index contributed by atoms with van der Waals surface area (Å²) >= 11 is 0. The Balaban J connectivity index is 1.71. The average molecular weight is 345 g/mol. The van der Waals surface area contributed by atoms with E-state index in [9.17, 15) is 9.90 Å². The molecule has 0 unspecified atom stereocenters. The van der Waals surface area contributed by atoms with Crippen LogP contribution in [-0.2, 0) is 24.8 Å². The number of aromatic nitrogens is 2. The minimum Gasteiger partial charge on any atom is -0.494 e. The number of aryl methyl sites for hydroxylation is 1. The molecule has 0 spiro atoms. The third-order valence-electron chi connectivity index (χ3n) is 4.12. The van der Waals surface area contributed by atoms with Gasteiger partial charge in [-0.3, -0.25) is 9.48 Å². The second kappa shape index (κ2) is 7.14. The fourth-order valence-electron chi connectivity index (χ4n) is 2.92. The van der Waals surface area contributed by atoms with Gasteiger partial charge in [-0.2, -0.15) is 5.10 Å². The van der Waals surface area contributed by atoms with Crippen LogP contribution >= 0.6 is 0 Å². The first kappa shape index (κ1) is 17.3. The van der Waals surface area contributed by atoms with Crippen LogP contribution in [0, 0.1) is 0 Å². The number of nitrogens with one attached hydrogen (secondary N) is 1. The number of carbonyl (C=O) groups is 1. The van der Waals surface area contributed by atoms with E-state index in [0.29, 0.717) is 12.2 Å². The van der Waals surface area contributed by atoms with E-state index in [2.05, 4.69) is 10.4 Å². The van der Waals surface area contributed by atoms with Crippen molar-refractivity contribution in [3.05, 3.63) is 41.2 Å². The zero-order chi connectivity index (χ0) is 18.0. The molecule has 2 N–H and O–H groups in total. The molecular formula is C18H23N3O4. The zero-order valence-corrected chi connectivity index (χ0v) is 14.7. The van der Waals surface area contributed by atoms with Crippen LogP contribution in [0.15, 0.2) is 24.5 Å². The van der Waals surface area contributed by atoms with Crippen molar-refractivity contribution in [2.75, 3.05) is 6.61 Å². The fourth-order valence-corrected chi connectivity index (χ4v) is 2.92. The predicted octanol–water partition coefficient (Wildman–Crippen LogP) is 1.49. The molecule has 0 bridgehead atoms. The quantitative estimate of drug-likeness (QED) is 0.828. The zero-order valence-electron chi connectivity index (χ0n) is 14.7. The third-order valence-corrected chi connectivity index (χ3v) is 4.12. The van der Waals surface area contributed by atoms with Gasteiger partial charge in [0.2, 0.25) is 0 Å². The van der Waals surface area contributed by atoms with Crippen LogP contribution in [-0.4, -0.2) is 33.5 Å². The maximum absolute atomic E-state index is 12.2. The lowest BCUT2D eigenvalue weighted by Gasteiger charge is -2.14. The molecule has 0 saturated heterocycles. The number of hydrogen-bond donors (Lipinski definition) is 2.